The number of amides is 2. The number of halogens is 1. The van der Waals surface area contributed by atoms with Gasteiger partial charge in [-0.1, -0.05) is 18.2 Å². The van der Waals surface area contributed by atoms with Crippen LogP contribution in [0, 0.1) is 5.82 Å². The fraction of sp³-hybridized carbons (Fsp3) is 0.0476. The number of carbonyl (C=O) groups is 3. The zero-order valence-electron chi connectivity index (χ0n) is 15.3. The summed E-state index contributed by atoms with van der Waals surface area (Å²) in [5.41, 5.74) is 4.23. The van der Waals surface area contributed by atoms with Crippen molar-refractivity contribution >= 4 is 29.5 Å². The zero-order chi connectivity index (χ0) is 20.5. The fourth-order valence-electron chi connectivity index (χ4n) is 2.96. The Labute approximate surface area is 165 Å². The van der Waals surface area contributed by atoms with E-state index in [0.717, 1.165) is 9.69 Å². The van der Waals surface area contributed by atoms with Gasteiger partial charge in [0.25, 0.3) is 11.8 Å². The van der Waals surface area contributed by atoms with Gasteiger partial charge in [-0.3, -0.25) is 19.8 Å². The molecule has 0 unspecified atom stereocenters. The van der Waals surface area contributed by atoms with E-state index in [1.165, 1.54) is 43.5 Å². The highest BCUT2D eigenvalue weighted by Gasteiger charge is 2.34. The summed E-state index contributed by atoms with van der Waals surface area (Å²) >= 11 is 0. The maximum Gasteiger partial charge on any atom is 0.282 e. The lowest BCUT2D eigenvalue weighted by Gasteiger charge is -2.13. The van der Waals surface area contributed by atoms with Crippen LogP contribution >= 0.6 is 0 Å². The molecule has 1 aliphatic rings. The summed E-state index contributed by atoms with van der Waals surface area (Å²) in [5, 5.41) is 5.38. The van der Waals surface area contributed by atoms with Gasteiger partial charge >= 0.3 is 0 Å². The Bertz CT molecular complexity index is 1150. The van der Waals surface area contributed by atoms with Crippen molar-refractivity contribution in [1.29, 1.82) is 0 Å². The maximum atomic E-state index is 13.3. The van der Waals surface area contributed by atoms with Crippen LogP contribution in [0.3, 0.4) is 0 Å². The topological polar surface area (TPSA) is 84.3 Å². The number of rotatable bonds is 3. The van der Waals surface area contributed by atoms with E-state index in [0.29, 0.717) is 22.5 Å². The molecule has 4 rings (SSSR count). The molecule has 8 heteroatoms. The molecule has 1 fully saturated rings. The number of aromatic nitrogens is 2. The van der Waals surface area contributed by atoms with Crippen LogP contribution in [-0.4, -0.2) is 27.5 Å². The van der Waals surface area contributed by atoms with E-state index in [1.54, 1.807) is 30.3 Å². The molecule has 1 saturated heterocycles. The van der Waals surface area contributed by atoms with E-state index < -0.39 is 17.6 Å². The van der Waals surface area contributed by atoms with Crippen LogP contribution in [0.5, 0.6) is 0 Å². The Kier molecular flexibility index (Phi) is 4.52. The third-order valence-electron chi connectivity index (χ3n) is 4.39. The molecule has 2 amide bonds. The standard InChI is InChI=1S/C21H15FN4O3/c1-13(27)25-12-15(19(23-25)14-7-9-16(22)10-8-14)11-18-20(28)24-26(21(18)29)17-5-3-2-4-6-17/h2-12H,1H3,(H,24,28)/b18-11-. The van der Waals surface area contributed by atoms with Gasteiger partial charge in [-0.05, 0) is 42.5 Å². The van der Waals surface area contributed by atoms with E-state index in [9.17, 15) is 18.8 Å². The number of hydrazine groups is 1. The SMILES string of the molecule is CC(=O)n1cc(/C=C2/C(=O)NN(c3ccccc3)C2=O)c(-c2ccc(F)cc2)n1. The lowest BCUT2D eigenvalue weighted by atomic mass is 10.1. The van der Waals surface area contributed by atoms with E-state index in [1.807, 2.05) is 0 Å². The fourth-order valence-corrected chi connectivity index (χ4v) is 2.96. The summed E-state index contributed by atoms with van der Waals surface area (Å²) < 4.78 is 14.4. The highest BCUT2D eigenvalue weighted by Crippen LogP contribution is 2.27. The van der Waals surface area contributed by atoms with Gasteiger partial charge in [-0.2, -0.15) is 5.10 Å². The summed E-state index contributed by atoms with van der Waals surface area (Å²) in [6.45, 7) is 1.34. The Morgan fingerprint density at radius 2 is 1.76 bits per heavy atom. The van der Waals surface area contributed by atoms with E-state index in [-0.39, 0.29) is 11.5 Å². The Balaban J connectivity index is 1.77. The first-order valence-electron chi connectivity index (χ1n) is 8.73. The lowest BCUT2D eigenvalue weighted by Crippen LogP contribution is -2.35. The summed E-state index contributed by atoms with van der Waals surface area (Å²) in [6, 6.07) is 14.2. The van der Waals surface area contributed by atoms with Crippen molar-refractivity contribution in [2.45, 2.75) is 6.92 Å². The van der Waals surface area contributed by atoms with Gasteiger partial charge < -0.3 is 0 Å². The second-order valence-electron chi connectivity index (χ2n) is 6.38. The molecule has 0 radical (unpaired) electrons. The number of hydrogen-bond acceptors (Lipinski definition) is 4. The Hall–Kier alpha value is -4.07. The van der Waals surface area contributed by atoms with E-state index in [4.69, 9.17) is 0 Å². The second-order valence-corrected chi connectivity index (χ2v) is 6.38. The minimum Gasteiger partial charge on any atom is -0.273 e. The average molecular weight is 390 g/mol. The van der Waals surface area contributed by atoms with E-state index in [2.05, 4.69) is 10.5 Å². The largest absolute Gasteiger partial charge is 0.282 e. The van der Waals surface area contributed by atoms with Crippen molar-refractivity contribution in [3.8, 4) is 11.3 Å². The van der Waals surface area contributed by atoms with Crippen molar-refractivity contribution < 1.29 is 18.8 Å². The van der Waals surface area contributed by atoms with Crippen LogP contribution in [0.25, 0.3) is 17.3 Å². The Morgan fingerprint density at radius 1 is 1.07 bits per heavy atom. The maximum absolute atomic E-state index is 13.3. The highest BCUT2D eigenvalue weighted by molar-refractivity contribution is 6.31. The zero-order valence-corrected chi connectivity index (χ0v) is 15.3. The quantitative estimate of drug-likeness (QED) is 0.551. The van der Waals surface area contributed by atoms with Gasteiger partial charge in [0.1, 0.15) is 17.1 Å². The Morgan fingerprint density at radius 3 is 2.41 bits per heavy atom. The number of benzene rings is 2. The van der Waals surface area contributed by atoms with Crippen LogP contribution < -0.4 is 10.4 Å². The van der Waals surface area contributed by atoms with Crippen molar-refractivity contribution in [2.24, 2.45) is 0 Å². The van der Waals surface area contributed by atoms with Crippen molar-refractivity contribution in [3.63, 3.8) is 0 Å². The summed E-state index contributed by atoms with van der Waals surface area (Å²) in [4.78, 5) is 37.0. The van der Waals surface area contributed by atoms with Gasteiger partial charge in [-0.25, -0.2) is 14.1 Å². The predicted octanol–water partition coefficient (Wildman–Crippen LogP) is 2.81. The van der Waals surface area contributed by atoms with Crippen LogP contribution in [0.2, 0.25) is 0 Å². The minimum absolute atomic E-state index is 0.0969. The first-order chi connectivity index (χ1) is 13.9. The minimum atomic E-state index is -0.570. The number of anilines is 1. The van der Waals surface area contributed by atoms with Gasteiger partial charge in [0.2, 0.25) is 5.91 Å². The second kappa shape index (κ2) is 7.16. The normalized spacial score (nSPS) is 15.1. The number of nitrogens with zero attached hydrogens (tertiary/aromatic N) is 3. The van der Waals surface area contributed by atoms with Gasteiger partial charge in [0, 0.05) is 24.2 Å². The summed E-state index contributed by atoms with van der Waals surface area (Å²) in [6.07, 6.45) is 2.81. The van der Waals surface area contributed by atoms with Crippen molar-refractivity contribution in [1.82, 2.24) is 15.2 Å². The monoisotopic (exact) mass is 390 g/mol. The molecule has 3 aromatic rings. The molecule has 1 N–H and O–H groups in total. The van der Waals surface area contributed by atoms with Crippen molar-refractivity contribution in [2.75, 3.05) is 5.01 Å². The third kappa shape index (κ3) is 3.43. The molecule has 0 saturated carbocycles. The number of carbonyl (C=O) groups excluding carboxylic acids is 3. The van der Waals surface area contributed by atoms with Crippen LogP contribution in [0.15, 0.2) is 66.4 Å². The lowest BCUT2D eigenvalue weighted by molar-refractivity contribution is -0.117. The third-order valence-corrected chi connectivity index (χ3v) is 4.39. The molecule has 1 aromatic heterocycles. The first kappa shape index (κ1) is 18.3. The molecule has 0 atom stereocenters. The molecule has 2 aromatic carbocycles. The molecule has 0 bridgehead atoms. The van der Waals surface area contributed by atoms with Crippen LogP contribution in [0.1, 0.15) is 17.3 Å². The summed E-state index contributed by atoms with van der Waals surface area (Å²) in [5.74, 6) is -1.85. The van der Waals surface area contributed by atoms with Crippen molar-refractivity contribution in [3.05, 3.63) is 77.7 Å². The molecule has 0 aliphatic carbocycles. The number of para-hydroxylation sites is 1. The van der Waals surface area contributed by atoms with Gasteiger partial charge in [-0.15, -0.1) is 0 Å². The van der Waals surface area contributed by atoms with E-state index >= 15 is 0 Å². The molecular formula is C21H15FN4O3. The molecule has 2 heterocycles. The molecule has 1 aliphatic heterocycles. The average Bonchev–Trinajstić information content (AvgIpc) is 3.26. The summed E-state index contributed by atoms with van der Waals surface area (Å²) in [7, 11) is 0. The first-order valence-corrected chi connectivity index (χ1v) is 8.73. The van der Waals surface area contributed by atoms with Gasteiger partial charge in [0.15, 0.2) is 0 Å². The smallest absolute Gasteiger partial charge is 0.273 e. The van der Waals surface area contributed by atoms with Gasteiger partial charge in [0.05, 0.1) is 5.69 Å². The molecule has 29 heavy (non-hydrogen) atoms. The number of hydrogen-bond donors (Lipinski definition) is 1. The number of nitrogens with one attached hydrogen (secondary N) is 1. The predicted molar refractivity (Wildman–Crippen MR) is 104 cm³/mol. The molecule has 7 nitrogen and oxygen atoms in total. The highest BCUT2D eigenvalue weighted by atomic mass is 19.1. The molecule has 144 valence electrons. The van der Waals surface area contributed by atoms with Crippen LogP contribution in [0.4, 0.5) is 10.1 Å². The van der Waals surface area contributed by atoms with Crippen LogP contribution in [-0.2, 0) is 9.59 Å². The molecule has 0 spiro atoms. The molecular weight excluding hydrogens is 375 g/mol.